The lowest BCUT2D eigenvalue weighted by Crippen LogP contribution is -2.07. The van der Waals surface area contributed by atoms with Crippen LogP contribution in [-0.2, 0) is 0 Å². The highest BCUT2D eigenvalue weighted by Gasteiger charge is 2.08. The molecule has 0 aliphatic rings. The second-order valence-electron chi connectivity index (χ2n) is 3.67. The molecular formula is C11H8ClN7O. The smallest absolute Gasteiger partial charge is 0.328 e. The van der Waals surface area contributed by atoms with Crippen molar-refractivity contribution in [1.29, 1.82) is 0 Å². The van der Waals surface area contributed by atoms with Crippen LogP contribution < -0.4 is 10.5 Å². The van der Waals surface area contributed by atoms with Crippen LogP contribution in [0.3, 0.4) is 0 Å². The molecule has 2 aromatic heterocycles. The van der Waals surface area contributed by atoms with Crippen LogP contribution >= 0.6 is 11.6 Å². The zero-order chi connectivity index (χ0) is 13.9. The topological polar surface area (TPSA) is 105 Å². The van der Waals surface area contributed by atoms with Crippen LogP contribution in [0, 0.1) is 0 Å². The molecule has 3 rings (SSSR count). The first-order valence-corrected chi connectivity index (χ1v) is 5.88. The van der Waals surface area contributed by atoms with Gasteiger partial charge in [0.05, 0.1) is 0 Å². The molecule has 0 unspecified atom stereocenters. The number of nitrogens with zero attached hydrogens (tertiary/aromatic N) is 6. The Morgan fingerprint density at radius 2 is 1.90 bits per heavy atom. The molecule has 0 spiro atoms. The molecule has 9 heteroatoms. The summed E-state index contributed by atoms with van der Waals surface area (Å²) in [6.45, 7) is 0. The van der Waals surface area contributed by atoms with Crippen LogP contribution in [0.5, 0.6) is 11.8 Å². The largest absolute Gasteiger partial charge is 0.424 e. The van der Waals surface area contributed by atoms with Crippen LogP contribution in [0.15, 0.2) is 36.9 Å². The molecule has 2 heterocycles. The molecule has 100 valence electrons. The highest BCUT2D eigenvalue weighted by molar-refractivity contribution is 6.30. The normalized spacial score (nSPS) is 10.4. The quantitative estimate of drug-likeness (QED) is 0.778. The summed E-state index contributed by atoms with van der Waals surface area (Å²) in [4.78, 5) is 15.8. The average molecular weight is 290 g/mol. The van der Waals surface area contributed by atoms with Crippen LogP contribution in [0.2, 0.25) is 5.02 Å². The second-order valence-corrected chi connectivity index (χ2v) is 4.11. The fourth-order valence-electron chi connectivity index (χ4n) is 1.43. The van der Waals surface area contributed by atoms with E-state index in [0.717, 1.165) is 0 Å². The molecule has 1 aromatic carbocycles. The van der Waals surface area contributed by atoms with E-state index in [0.29, 0.717) is 10.8 Å². The third-order valence-electron chi connectivity index (χ3n) is 2.27. The van der Waals surface area contributed by atoms with Crippen molar-refractivity contribution in [3.8, 4) is 17.7 Å². The number of hydrogen-bond acceptors (Lipinski definition) is 7. The second kappa shape index (κ2) is 5.10. The summed E-state index contributed by atoms with van der Waals surface area (Å²) < 4.78 is 6.84. The Labute approximate surface area is 118 Å². The van der Waals surface area contributed by atoms with Gasteiger partial charge >= 0.3 is 6.01 Å². The van der Waals surface area contributed by atoms with Crippen molar-refractivity contribution in [1.82, 2.24) is 29.7 Å². The predicted octanol–water partition coefficient (Wildman–Crippen LogP) is 1.48. The number of nitrogens with two attached hydrogens (primary N) is 1. The molecule has 2 N–H and O–H groups in total. The highest BCUT2D eigenvalue weighted by Crippen LogP contribution is 2.20. The molecule has 0 aliphatic carbocycles. The summed E-state index contributed by atoms with van der Waals surface area (Å²) in [7, 11) is 0. The summed E-state index contributed by atoms with van der Waals surface area (Å²) in [6, 6.07) is 6.83. The fourth-order valence-corrected chi connectivity index (χ4v) is 1.55. The SMILES string of the molecule is Nc1nc(Oc2ccc(Cl)cc2)nc(-n2cncn2)n1. The van der Waals surface area contributed by atoms with E-state index >= 15 is 0 Å². The highest BCUT2D eigenvalue weighted by atomic mass is 35.5. The fraction of sp³-hybridized carbons (Fsp3) is 0. The summed E-state index contributed by atoms with van der Waals surface area (Å²) in [5.74, 6) is 0.776. The zero-order valence-corrected chi connectivity index (χ0v) is 10.8. The van der Waals surface area contributed by atoms with E-state index in [1.165, 1.54) is 17.3 Å². The lowest BCUT2D eigenvalue weighted by atomic mass is 10.3. The van der Waals surface area contributed by atoms with Gasteiger partial charge in [-0.3, -0.25) is 0 Å². The Morgan fingerprint density at radius 1 is 1.10 bits per heavy atom. The van der Waals surface area contributed by atoms with Crippen LogP contribution in [0.1, 0.15) is 0 Å². The van der Waals surface area contributed by atoms with Crippen molar-refractivity contribution in [3.05, 3.63) is 41.9 Å². The maximum Gasteiger partial charge on any atom is 0.328 e. The Balaban J connectivity index is 1.92. The lowest BCUT2D eigenvalue weighted by molar-refractivity contribution is 0.438. The lowest BCUT2D eigenvalue weighted by Gasteiger charge is -2.05. The van der Waals surface area contributed by atoms with E-state index < -0.39 is 0 Å². The van der Waals surface area contributed by atoms with E-state index in [-0.39, 0.29) is 17.9 Å². The van der Waals surface area contributed by atoms with E-state index in [1.807, 2.05) is 0 Å². The van der Waals surface area contributed by atoms with Crippen molar-refractivity contribution >= 4 is 17.5 Å². The van der Waals surface area contributed by atoms with Gasteiger partial charge in [-0.2, -0.15) is 24.7 Å². The molecule has 0 amide bonds. The number of benzene rings is 1. The van der Waals surface area contributed by atoms with E-state index in [1.54, 1.807) is 24.3 Å². The van der Waals surface area contributed by atoms with Gasteiger partial charge in [0.2, 0.25) is 5.95 Å². The first-order valence-electron chi connectivity index (χ1n) is 5.51. The number of ether oxygens (including phenoxy) is 1. The first kappa shape index (κ1) is 12.3. The minimum Gasteiger partial charge on any atom is -0.424 e. The molecule has 0 saturated heterocycles. The van der Waals surface area contributed by atoms with Crippen molar-refractivity contribution in [2.24, 2.45) is 0 Å². The van der Waals surface area contributed by atoms with Crippen LogP contribution in [0.25, 0.3) is 5.95 Å². The zero-order valence-electron chi connectivity index (χ0n) is 10.0. The Morgan fingerprint density at radius 3 is 2.60 bits per heavy atom. The minimum atomic E-state index is 0.0227. The number of nitrogen functional groups attached to an aromatic ring is 1. The predicted molar refractivity (Wildman–Crippen MR) is 70.7 cm³/mol. The summed E-state index contributed by atoms with van der Waals surface area (Å²) in [6.07, 6.45) is 2.81. The third kappa shape index (κ3) is 2.64. The van der Waals surface area contributed by atoms with E-state index in [2.05, 4.69) is 25.0 Å². The Hall–Kier alpha value is -2.74. The summed E-state index contributed by atoms with van der Waals surface area (Å²) >= 11 is 5.80. The van der Waals surface area contributed by atoms with Crippen molar-refractivity contribution in [2.45, 2.75) is 0 Å². The van der Waals surface area contributed by atoms with Gasteiger partial charge in [0.15, 0.2) is 0 Å². The molecule has 3 aromatic rings. The van der Waals surface area contributed by atoms with Gasteiger partial charge in [-0.1, -0.05) is 11.6 Å². The monoisotopic (exact) mass is 289 g/mol. The van der Waals surface area contributed by atoms with E-state index in [4.69, 9.17) is 22.1 Å². The minimum absolute atomic E-state index is 0.0227. The number of anilines is 1. The first-order chi connectivity index (χ1) is 9.70. The van der Waals surface area contributed by atoms with Gasteiger partial charge in [0, 0.05) is 5.02 Å². The Bertz CT molecular complexity index is 714. The van der Waals surface area contributed by atoms with Gasteiger partial charge < -0.3 is 10.5 Å². The van der Waals surface area contributed by atoms with Crippen molar-refractivity contribution < 1.29 is 4.74 Å². The summed E-state index contributed by atoms with van der Waals surface area (Å²) in [5, 5.41) is 4.52. The molecular weight excluding hydrogens is 282 g/mol. The number of halogens is 1. The van der Waals surface area contributed by atoms with E-state index in [9.17, 15) is 0 Å². The van der Waals surface area contributed by atoms with Crippen molar-refractivity contribution in [2.75, 3.05) is 5.73 Å². The Kier molecular flexibility index (Phi) is 3.13. The van der Waals surface area contributed by atoms with Crippen molar-refractivity contribution in [3.63, 3.8) is 0 Å². The molecule has 0 aliphatic heterocycles. The van der Waals surface area contributed by atoms with Gasteiger partial charge in [-0.05, 0) is 24.3 Å². The van der Waals surface area contributed by atoms with Gasteiger partial charge in [0.25, 0.3) is 5.95 Å². The van der Waals surface area contributed by atoms with Crippen LogP contribution in [0.4, 0.5) is 5.95 Å². The van der Waals surface area contributed by atoms with Crippen LogP contribution in [-0.4, -0.2) is 29.7 Å². The molecule has 8 nitrogen and oxygen atoms in total. The molecule has 0 bridgehead atoms. The maximum atomic E-state index is 5.80. The van der Waals surface area contributed by atoms with Gasteiger partial charge in [0.1, 0.15) is 18.4 Å². The molecule has 0 radical (unpaired) electrons. The number of aromatic nitrogens is 6. The molecule has 20 heavy (non-hydrogen) atoms. The molecule has 0 atom stereocenters. The molecule has 0 saturated carbocycles. The maximum absolute atomic E-state index is 5.80. The number of hydrogen-bond donors (Lipinski definition) is 1. The molecule has 0 fully saturated rings. The average Bonchev–Trinajstić information content (AvgIpc) is 2.95. The number of rotatable bonds is 3. The van der Waals surface area contributed by atoms with Gasteiger partial charge in [-0.25, -0.2) is 4.98 Å². The standard InChI is InChI=1S/C11H8ClN7O/c12-7-1-3-8(4-2-7)20-11-17-9(13)16-10(18-11)19-6-14-5-15-19/h1-6H,(H2,13,16,17,18). The summed E-state index contributed by atoms with van der Waals surface area (Å²) in [5.41, 5.74) is 5.62. The third-order valence-corrected chi connectivity index (χ3v) is 2.52. The van der Waals surface area contributed by atoms with Gasteiger partial charge in [-0.15, -0.1) is 0 Å².